The number of fused-ring (bicyclic) bond motifs is 5. The standard InChI is InChI=1S/C17H16ClNO3/c1-19-7-12-10-4-9(18)2-3-16(10)22-17-6-15(21)14(20)5-11(17)13(12)8-19/h2-6,12-13,20-21H,7-8H2,1H3/t12-,13?/m1/s1. The molecule has 2 atom stereocenters. The second-order valence-electron chi connectivity index (χ2n) is 6.10. The van der Waals surface area contributed by atoms with Crippen molar-refractivity contribution in [1.29, 1.82) is 0 Å². The first kappa shape index (κ1) is 13.7. The number of ether oxygens (including phenoxy) is 1. The van der Waals surface area contributed by atoms with Crippen molar-refractivity contribution in [3.05, 3.63) is 46.5 Å². The Bertz CT molecular complexity index is 762. The van der Waals surface area contributed by atoms with Crippen molar-refractivity contribution in [2.45, 2.75) is 11.8 Å². The van der Waals surface area contributed by atoms with Crippen LogP contribution in [0.25, 0.3) is 0 Å². The third-order valence-corrected chi connectivity index (χ3v) is 4.84. The lowest BCUT2D eigenvalue weighted by molar-refractivity contribution is 0.389. The Morgan fingerprint density at radius 1 is 1.00 bits per heavy atom. The highest BCUT2D eigenvalue weighted by atomic mass is 35.5. The van der Waals surface area contributed by atoms with E-state index < -0.39 is 0 Å². The number of likely N-dealkylation sites (tertiary alicyclic amines) is 1. The molecule has 0 aromatic heterocycles. The maximum Gasteiger partial charge on any atom is 0.161 e. The number of likely N-dealkylation sites (N-methyl/N-ethyl adjacent to an activating group) is 1. The van der Waals surface area contributed by atoms with Crippen LogP contribution in [0.5, 0.6) is 23.0 Å². The number of phenolic OH excluding ortho intramolecular Hbond substituents is 2. The molecule has 2 aliphatic heterocycles. The minimum Gasteiger partial charge on any atom is -0.504 e. The summed E-state index contributed by atoms with van der Waals surface area (Å²) in [5.41, 5.74) is 2.01. The molecular formula is C17H16ClNO3. The molecule has 5 heteroatoms. The summed E-state index contributed by atoms with van der Waals surface area (Å²) in [6.07, 6.45) is 0. The number of benzene rings is 2. The Kier molecular flexibility index (Phi) is 2.99. The van der Waals surface area contributed by atoms with E-state index in [9.17, 15) is 10.2 Å². The van der Waals surface area contributed by atoms with Gasteiger partial charge in [-0.05, 0) is 31.3 Å². The van der Waals surface area contributed by atoms with Gasteiger partial charge in [0, 0.05) is 47.1 Å². The number of rotatable bonds is 0. The fourth-order valence-corrected chi connectivity index (χ4v) is 3.78. The summed E-state index contributed by atoms with van der Waals surface area (Å²) < 4.78 is 6.02. The van der Waals surface area contributed by atoms with E-state index in [1.165, 1.54) is 6.07 Å². The molecule has 2 aromatic carbocycles. The van der Waals surface area contributed by atoms with E-state index in [0.29, 0.717) is 10.8 Å². The van der Waals surface area contributed by atoms with E-state index in [1.807, 2.05) is 12.1 Å². The van der Waals surface area contributed by atoms with Crippen LogP contribution in [-0.4, -0.2) is 35.3 Å². The minimum absolute atomic E-state index is 0.111. The topological polar surface area (TPSA) is 52.9 Å². The maximum absolute atomic E-state index is 9.87. The molecule has 0 amide bonds. The van der Waals surface area contributed by atoms with Crippen LogP contribution >= 0.6 is 11.6 Å². The first-order valence-corrected chi connectivity index (χ1v) is 7.62. The minimum atomic E-state index is -0.168. The van der Waals surface area contributed by atoms with Gasteiger partial charge in [-0.3, -0.25) is 0 Å². The van der Waals surface area contributed by atoms with Crippen LogP contribution in [-0.2, 0) is 0 Å². The van der Waals surface area contributed by atoms with Crippen LogP contribution < -0.4 is 4.74 Å². The Balaban J connectivity index is 1.95. The lowest BCUT2D eigenvalue weighted by atomic mass is 9.84. The number of halogens is 1. The van der Waals surface area contributed by atoms with Gasteiger partial charge in [0.05, 0.1) is 0 Å². The molecule has 0 aliphatic carbocycles. The smallest absolute Gasteiger partial charge is 0.161 e. The third kappa shape index (κ3) is 2.02. The highest BCUT2D eigenvalue weighted by molar-refractivity contribution is 6.30. The molecule has 0 radical (unpaired) electrons. The summed E-state index contributed by atoms with van der Waals surface area (Å²) >= 11 is 6.17. The van der Waals surface area contributed by atoms with Crippen molar-refractivity contribution in [1.82, 2.24) is 4.90 Å². The fourth-order valence-electron chi connectivity index (χ4n) is 3.60. The molecule has 4 rings (SSSR count). The predicted molar refractivity (Wildman–Crippen MR) is 84.3 cm³/mol. The van der Waals surface area contributed by atoms with Gasteiger partial charge in [-0.15, -0.1) is 0 Å². The first-order chi connectivity index (χ1) is 10.5. The summed E-state index contributed by atoms with van der Waals surface area (Å²) in [7, 11) is 2.08. The molecule has 22 heavy (non-hydrogen) atoms. The molecule has 0 bridgehead atoms. The monoisotopic (exact) mass is 317 g/mol. The normalized spacial score (nSPS) is 23.2. The van der Waals surface area contributed by atoms with E-state index in [2.05, 4.69) is 11.9 Å². The zero-order valence-electron chi connectivity index (χ0n) is 12.1. The van der Waals surface area contributed by atoms with Gasteiger partial charge in [-0.25, -0.2) is 0 Å². The Labute approximate surface area is 133 Å². The van der Waals surface area contributed by atoms with Crippen molar-refractivity contribution < 1.29 is 14.9 Å². The van der Waals surface area contributed by atoms with Crippen molar-refractivity contribution in [2.75, 3.05) is 20.1 Å². The zero-order valence-corrected chi connectivity index (χ0v) is 12.8. The number of aromatic hydroxyl groups is 2. The molecule has 1 unspecified atom stereocenters. The molecule has 114 valence electrons. The zero-order chi connectivity index (χ0) is 15.4. The van der Waals surface area contributed by atoms with E-state index in [0.717, 1.165) is 30.0 Å². The molecule has 0 saturated carbocycles. The summed E-state index contributed by atoms with van der Waals surface area (Å²) in [6.45, 7) is 1.78. The van der Waals surface area contributed by atoms with Crippen molar-refractivity contribution in [2.24, 2.45) is 0 Å². The van der Waals surface area contributed by atoms with Gasteiger partial charge in [-0.1, -0.05) is 11.6 Å². The molecule has 4 nitrogen and oxygen atoms in total. The molecule has 1 fully saturated rings. The van der Waals surface area contributed by atoms with Crippen LogP contribution in [0.3, 0.4) is 0 Å². The molecule has 0 spiro atoms. The highest BCUT2D eigenvalue weighted by Crippen LogP contribution is 2.51. The largest absolute Gasteiger partial charge is 0.504 e. The maximum atomic E-state index is 9.87. The second kappa shape index (κ2) is 4.80. The van der Waals surface area contributed by atoms with Crippen LogP contribution in [0.4, 0.5) is 0 Å². The van der Waals surface area contributed by atoms with E-state index >= 15 is 0 Å². The first-order valence-electron chi connectivity index (χ1n) is 7.24. The number of nitrogens with zero attached hydrogens (tertiary/aromatic N) is 1. The third-order valence-electron chi connectivity index (χ3n) is 4.60. The van der Waals surface area contributed by atoms with Crippen molar-refractivity contribution >= 4 is 11.6 Å². The highest BCUT2D eigenvalue weighted by Gasteiger charge is 2.39. The van der Waals surface area contributed by atoms with Crippen LogP contribution in [0.15, 0.2) is 30.3 Å². The molecule has 2 aromatic rings. The van der Waals surface area contributed by atoms with Gasteiger partial charge in [0.1, 0.15) is 11.5 Å². The Morgan fingerprint density at radius 3 is 2.36 bits per heavy atom. The molecule has 2 heterocycles. The number of phenols is 2. The average Bonchev–Trinajstić information content (AvgIpc) is 2.81. The van der Waals surface area contributed by atoms with Gasteiger partial charge < -0.3 is 19.8 Å². The molecular weight excluding hydrogens is 302 g/mol. The van der Waals surface area contributed by atoms with Gasteiger partial charge in [0.15, 0.2) is 11.5 Å². The Hall–Kier alpha value is -1.91. The summed E-state index contributed by atoms with van der Waals surface area (Å²) in [6, 6.07) is 8.74. The summed E-state index contributed by atoms with van der Waals surface area (Å²) in [5, 5.41) is 20.4. The Morgan fingerprint density at radius 2 is 1.64 bits per heavy atom. The second-order valence-corrected chi connectivity index (χ2v) is 6.53. The van der Waals surface area contributed by atoms with E-state index in [4.69, 9.17) is 16.3 Å². The van der Waals surface area contributed by atoms with Crippen LogP contribution in [0, 0.1) is 0 Å². The van der Waals surface area contributed by atoms with Crippen LogP contribution in [0.1, 0.15) is 23.0 Å². The average molecular weight is 318 g/mol. The molecule has 2 N–H and O–H groups in total. The lowest BCUT2D eigenvalue weighted by Crippen LogP contribution is -2.14. The van der Waals surface area contributed by atoms with Gasteiger partial charge in [-0.2, -0.15) is 0 Å². The summed E-state index contributed by atoms with van der Waals surface area (Å²) in [5.74, 6) is 1.54. The van der Waals surface area contributed by atoms with Crippen molar-refractivity contribution in [3.63, 3.8) is 0 Å². The van der Waals surface area contributed by atoms with Gasteiger partial charge in [0.25, 0.3) is 0 Å². The number of hydrogen-bond acceptors (Lipinski definition) is 4. The molecule has 1 saturated heterocycles. The van der Waals surface area contributed by atoms with Crippen LogP contribution in [0.2, 0.25) is 5.02 Å². The lowest BCUT2D eigenvalue weighted by Gasteiger charge is -2.17. The fraction of sp³-hybridized carbons (Fsp3) is 0.294. The SMILES string of the molecule is CN1CC2c3cc(O)c(O)cc3Oc3ccc(Cl)cc3[C@H]2C1. The van der Waals surface area contributed by atoms with Crippen molar-refractivity contribution in [3.8, 4) is 23.0 Å². The predicted octanol–water partition coefficient (Wildman–Crippen LogP) is 3.67. The van der Waals surface area contributed by atoms with E-state index in [1.54, 1.807) is 12.1 Å². The van der Waals surface area contributed by atoms with E-state index in [-0.39, 0.29) is 23.3 Å². The quantitative estimate of drug-likeness (QED) is 0.728. The van der Waals surface area contributed by atoms with Gasteiger partial charge in [0.2, 0.25) is 0 Å². The molecule has 2 aliphatic rings. The number of hydrogen-bond donors (Lipinski definition) is 2. The van der Waals surface area contributed by atoms with Gasteiger partial charge >= 0.3 is 0 Å². The summed E-state index contributed by atoms with van der Waals surface area (Å²) in [4.78, 5) is 2.26.